The molecular weight excluding hydrogens is 689 g/mol. The van der Waals surface area contributed by atoms with Crippen LogP contribution >= 0.6 is 23.2 Å². The van der Waals surface area contributed by atoms with Crippen molar-refractivity contribution < 1.29 is 44.1 Å². The van der Waals surface area contributed by atoms with Crippen molar-refractivity contribution in [3.05, 3.63) is 163 Å². The van der Waals surface area contributed by atoms with Crippen molar-refractivity contribution in [1.29, 1.82) is 0 Å². The van der Waals surface area contributed by atoms with Crippen molar-refractivity contribution in [2.24, 2.45) is 5.92 Å². The van der Waals surface area contributed by atoms with Crippen LogP contribution in [0.3, 0.4) is 0 Å². The third kappa shape index (κ3) is 6.40. The normalized spacial score (nSPS) is 14.5. The average molecular weight is 722 g/mol. The van der Waals surface area contributed by atoms with E-state index in [1.807, 2.05) is 36.4 Å². The molecule has 0 aromatic heterocycles. The maximum absolute atomic E-state index is 6.36. The fraction of sp³-hybridized carbons (Fsp3) is 0.105. The van der Waals surface area contributed by atoms with E-state index >= 15 is 0 Å². The Hall–Kier alpha value is -2.38. The van der Waals surface area contributed by atoms with Gasteiger partial charge in [-0.3, -0.25) is 0 Å². The van der Waals surface area contributed by atoms with Crippen molar-refractivity contribution in [2.75, 3.05) is 0 Å². The van der Waals surface area contributed by atoms with E-state index in [0.29, 0.717) is 5.92 Å². The van der Waals surface area contributed by atoms with Crippen molar-refractivity contribution in [1.82, 2.24) is 0 Å². The van der Waals surface area contributed by atoms with Crippen molar-refractivity contribution in [3.63, 3.8) is 0 Å². The Morgan fingerprint density at radius 3 is 1.44 bits per heavy atom. The second-order valence-corrected chi connectivity index (χ2v) is 20.9. The Morgan fingerprint density at radius 2 is 1.07 bits per heavy atom. The fourth-order valence-corrected chi connectivity index (χ4v) is 20.4. The van der Waals surface area contributed by atoms with Gasteiger partial charge in [0.1, 0.15) is 0 Å². The monoisotopic (exact) mass is 718 g/mol. The summed E-state index contributed by atoms with van der Waals surface area (Å²) in [4.78, 5) is 0. The van der Waals surface area contributed by atoms with Gasteiger partial charge < -0.3 is 24.8 Å². The molecule has 0 bridgehead atoms. The van der Waals surface area contributed by atoms with Crippen LogP contribution in [0, 0.1) is 5.92 Å². The second kappa shape index (κ2) is 13.7. The zero-order chi connectivity index (χ0) is 28.7. The zero-order valence-electron chi connectivity index (χ0n) is 24.1. The summed E-state index contributed by atoms with van der Waals surface area (Å²) in [5.41, 5.74) is 11.4. The summed E-state index contributed by atoms with van der Waals surface area (Å²) in [6.45, 7) is 12.7. The SMILES string of the molecule is C=Cc1ccc2c(c1)-c1cc(C=C)ccc1[CH]2[Zr+2](=[CH]c1ccc(Cl)cc1)(=[CH]c1ccc(Cl)cc1)[C]1=CC(C)=CC1C.[Cl-].[Cl-]. The number of hydrogen-bond acceptors (Lipinski definition) is 0. The number of fused-ring (bicyclic) bond motifs is 3. The van der Waals surface area contributed by atoms with Crippen LogP contribution in [0.4, 0.5) is 0 Å². The molecule has 0 N–H and O–H groups in total. The minimum atomic E-state index is -3.81. The van der Waals surface area contributed by atoms with Crippen LogP contribution in [0.2, 0.25) is 10.0 Å². The van der Waals surface area contributed by atoms with Gasteiger partial charge >= 0.3 is 259 Å². The van der Waals surface area contributed by atoms with E-state index < -0.39 is 19.3 Å². The molecule has 2 aliphatic carbocycles. The van der Waals surface area contributed by atoms with Crippen LogP contribution in [-0.2, 0) is 19.3 Å². The van der Waals surface area contributed by atoms with E-state index in [4.69, 9.17) is 23.2 Å². The number of rotatable bonds is 6. The van der Waals surface area contributed by atoms with E-state index in [-0.39, 0.29) is 28.4 Å². The molecule has 4 aromatic carbocycles. The molecule has 216 valence electrons. The molecule has 43 heavy (non-hydrogen) atoms. The standard InChI is InChI=1S/C17H13.2C7H5Cl.C7H9.2ClH.Zr/c1-3-12-5-7-14-11-15-8-6-13(4-2)10-17(15)16(14)9-12;2*1-6-2-4-7(8)5-3-6;1-6-3-4-7(2)5-6;;;/h3-11H,1-2H2;2*1-5H;3,5,7H,1-2H3;2*1H;/q;;;;;;+2/p-2. The minimum Gasteiger partial charge on any atom is -1.00 e. The zero-order valence-corrected chi connectivity index (χ0v) is 29.6. The van der Waals surface area contributed by atoms with Crippen LogP contribution in [0.5, 0.6) is 0 Å². The first kappa shape index (κ1) is 33.5. The summed E-state index contributed by atoms with van der Waals surface area (Å²) in [5.74, 6) is 0.352. The quantitative estimate of drug-likeness (QED) is 0.271. The summed E-state index contributed by atoms with van der Waals surface area (Å²) < 4.78 is 7.12. The van der Waals surface area contributed by atoms with Gasteiger partial charge in [-0.1, -0.05) is 0 Å². The van der Waals surface area contributed by atoms with Gasteiger partial charge in [0.2, 0.25) is 0 Å². The third-order valence-electron chi connectivity index (χ3n) is 8.45. The van der Waals surface area contributed by atoms with Gasteiger partial charge in [0, 0.05) is 0 Å². The third-order valence-corrected chi connectivity index (χ3v) is 20.8. The molecule has 0 saturated heterocycles. The first-order valence-electron chi connectivity index (χ1n) is 14.0. The smallest absolute Gasteiger partial charge is 1.00 e. The topological polar surface area (TPSA) is 0 Å². The first-order chi connectivity index (χ1) is 19.8. The Bertz CT molecular complexity index is 1770. The van der Waals surface area contributed by atoms with Gasteiger partial charge in [-0.25, -0.2) is 0 Å². The van der Waals surface area contributed by atoms with Gasteiger partial charge in [0.05, 0.1) is 0 Å². The summed E-state index contributed by atoms with van der Waals surface area (Å²) in [6.07, 6.45) is 8.78. The average Bonchev–Trinajstić information content (AvgIpc) is 3.50. The van der Waals surface area contributed by atoms with Gasteiger partial charge in [0.15, 0.2) is 0 Å². The number of hydrogen-bond donors (Lipinski definition) is 0. The van der Waals surface area contributed by atoms with Gasteiger partial charge in [-0.05, 0) is 0 Å². The molecule has 2 aliphatic rings. The molecule has 0 heterocycles. The molecule has 1 atom stereocenters. The summed E-state index contributed by atoms with van der Waals surface area (Å²) in [7, 11) is 0. The van der Waals surface area contributed by atoms with E-state index in [1.165, 1.54) is 39.0 Å². The van der Waals surface area contributed by atoms with Gasteiger partial charge in [-0.2, -0.15) is 0 Å². The summed E-state index contributed by atoms with van der Waals surface area (Å²) >= 11 is 8.92. The second-order valence-electron chi connectivity index (χ2n) is 11.2. The molecule has 0 spiro atoms. The molecule has 1 unspecified atom stereocenters. The van der Waals surface area contributed by atoms with E-state index in [2.05, 4.69) is 107 Å². The molecule has 0 radical (unpaired) electrons. The van der Waals surface area contributed by atoms with E-state index in [9.17, 15) is 0 Å². The summed E-state index contributed by atoms with van der Waals surface area (Å²) in [5, 5.41) is 1.50. The molecule has 4 aromatic rings. The van der Waals surface area contributed by atoms with E-state index in [0.717, 1.165) is 21.2 Å². The molecule has 0 amide bonds. The fourth-order valence-electron chi connectivity index (χ4n) is 6.69. The molecule has 0 fully saturated rings. The van der Waals surface area contributed by atoms with Crippen LogP contribution < -0.4 is 24.8 Å². The van der Waals surface area contributed by atoms with E-state index in [1.54, 1.807) is 3.28 Å². The van der Waals surface area contributed by atoms with Crippen molar-refractivity contribution >= 4 is 42.8 Å². The predicted molar refractivity (Wildman–Crippen MR) is 178 cm³/mol. The van der Waals surface area contributed by atoms with Gasteiger partial charge in [-0.15, -0.1) is 0 Å². The number of benzene rings is 4. The molecule has 5 heteroatoms. The number of halogens is 4. The Labute approximate surface area is 281 Å². The Kier molecular flexibility index (Phi) is 10.7. The van der Waals surface area contributed by atoms with Crippen LogP contribution in [-0.4, -0.2) is 7.42 Å². The van der Waals surface area contributed by atoms with Crippen molar-refractivity contribution in [3.8, 4) is 11.1 Å². The summed E-state index contributed by atoms with van der Waals surface area (Å²) in [6, 6.07) is 30.5. The Morgan fingerprint density at radius 1 is 0.651 bits per heavy atom. The Balaban J connectivity index is 0.00000212. The molecule has 0 aliphatic heterocycles. The minimum absolute atomic E-state index is 0. The van der Waals surface area contributed by atoms with Crippen LogP contribution in [0.1, 0.15) is 50.9 Å². The number of allylic oxidation sites excluding steroid dienone is 4. The molecule has 0 nitrogen and oxygen atoms in total. The van der Waals surface area contributed by atoms with Crippen molar-refractivity contribution in [2.45, 2.75) is 17.5 Å². The maximum Gasteiger partial charge on any atom is -1.00 e. The van der Waals surface area contributed by atoms with Crippen LogP contribution in [0.25, 0.3) is 23.3 Å². The molecule has 0 saturated carbocycles. The largest absolute Gasteiger partial charge is 1.00 e. The van der Waals surface area contributed by atoms with Gasteiger partial charge in [0.25, 0.3) is 0 Å². The molecule has 6 rings (SSSR count). The first-order valence-corrected chi connectivity index (χ1v) is 20.2. The maximum atomic E-state index is 6.36. The predicted octanol–water partition coefficient (Wildman–Crippen LogP) is 4.69. The molecular formula is C38H32Cl4Zr. The van der Waals surface area contributed by atoms with Crippen LogP contribution in [0.15, 0.2) is 119 Å².